The lowest BCUT2D eigenvalue weighted by atomic mass is 9.82. The Labute approximate surface area is 335 Å². The fourth-order valence-corrected chi connectivity index (χ4v) is 6.94. The van der Waals surface area contributed by atoms with Crippen molar-refractivity contribution in [3.8, 4) is 0 Å². The molecule has 3 heterocycles. The van der Waals surface area contributed by atoms with Crippen molar-refractivity contribution in [3.05, 3.63) is 0 Å². The Bertz CT molecular complexity index is 1240. The summed E-state index contributed by atoms with van der Waals surface area (Å²) < 4.78 is 40.9. The van der Waals surface area contributed by atoms with Crippen LogP contribution >= 0.6 is 34.8 Å². The predicted octanol–water partition coefficient (Wildman–Crippen LogP) is 6.90. The molecule has 2 N–H and O–H groups in total. The van der Waals surface area contributed by atoms with Gasteiger partial charge in [-0.05, 0) is 37.0 Å². The summed E-state index contributed by atoms with van der Waals surface area (Å²) in [5.41, 5.74) is 0. The summed E-state index contributed by atoms with van der Waals surface area (Å²) in [7, 11) is 0. The van der Waals surface area contributed by atoms with Crippen molar-refractivity contribution in [2.75, 3.05) is 0 Å². The van der Waals surface area contributed by atoms with Crippen LogP contribution in [-0.4, -0.2) is 94.2 Å². The molecule has 3 aliphatic heterocycles. The molecule has 15 atom stereocenters. The highest BCUT2D eigenvalue weighted by Gasteiger charge is 2.47. The zero-order chi connectivity index (χ0) is 41.8. The first-order valence-electron chi connectivity index (χ1n) is 18.6. The zero-order valence-electron chi connectivity index (χ0n) is 33.8. The number of aliphatic hydroxyl groups is 1. The molecule has 0 spiro atoms. The van der Waals surface area contributed by atoms with Crippen LogP contribution in [0.5, 0.6) is 0 Å². The number of hydrogen-bond donors (Lipinski definition) is 2. The smallest absolute Gasteiger partial charge is 0.305 e. The molecule has 0 aromatic rings. The van der Waals surface area contributed by atoms with E-state index >= 15 is 0 Å². The average molecular weight is 835 g/mol. The maximum atomic E-state index is 11.3. The minimum Gasteiger partial charge on any atom is -0.457 e. The maximum Gasteiger partial charge on any atom is 0.305 e. The molecule has 0 bridgehead atoms. The number of rotatable bonds is 8. The number of ether oxygens (including phenoxy) is 8. The van der Waals surface area contributed by atoms with Gasteiger partial charge in [0.25, 0.3) is 3.79 Å². The molecule has 54 heavy (non-hydrogen) atoms. The largest absolute Gasteiger partial charge is 0.457 e. The predicted molar refractivity (Wildman–Crippen MR) is 202 cm³/mol. The number of carbonyl (C=O) groups is 4. The third kappa shape index (κ3) is 14.9. The monoisotopic (exact) mass is 833 g/mol. The van der Waals surface area contributed by atoms with Gasteiger partial charge in [-0.1, -0.05) is 97.1 Å². The van der Waals surface area contributed by atoms with Crippen LogP contribution in [0.2, 0.25) is 0 Å². The molecule has 3 rings (SSSR count). The third-order valence-corrected chi connectivity index (χ3v) is 11.0. The Kier molecular flexibility index (Phi) is 21.1. The van der Waals surface area contributed by atoms with Crippen LogP contribution in [0.25, 0.3) is 0 Å². The third-order valence-electron chi connectivity index (χ3n) is 10.4. The van der Waals surface area contributed by atoms with E-state index in [1.807, 2.05) is 48.5 Å². The van der Waals surface area contributed by atoms with E-state index in [0.717, 1.165) is 19.3 Å². The topological polar surface area (TPSA) is 186 Å². The first kappa shape index (κ1) is 50.1. The fraction of sp³-hybridized carbons (Fsp3) is 0.865. The molecule has 0 radical (unpaired) electrons. The van der Waals surface area contributed by atoms with Crippen LogP contribution in [0.4, 0.5) is 0 Å². The van der Waals surface area contributed by atoms with E-state index < -0.39 is 64.8 Å². The van der Waals surface area contributed by atoms with E-state index in [0.29, 0.717) is 0 Å². The highest BCUT2D eigenvalue weighted by molar-refractivity contribution is 6.76. The molecule has 0 amide bonds. The van der Waals surface area contributed by atoms with Gasteiger partial charge < -0.3 is 43.0 Å². The number of aliphatic hydroxyl groups excluding tert-OH is 1. The second-order valence-electron chi connectivity index (χ2n) is 14.3. The van der Waals surface area contributed by atoms with Gasteiger partial charge in [0.15, 0.2) is 24.6 Å². The lowest BCUT2D eigenvalue weighted by Crippen LogP contribution is -2.53. The summed E-state index contributed by atoms with van der Waals surface area (Å²) >= 11 is 16.8. The maximum absolute atomic E-state index is 11.3. The molecule has 3 fully saturated rings. The molecule has 17 heteroatoms. The van der Waals surface area contributed by atoms with Crippen molar-refractivity contribution in [2.24, 2.45) is 35.5 Å². The quantitative estimate of drug-likeness (QED) is 0.0847. The Morgan fingerprint density at radius 3 is 1.15 bits per heavy atom. The normalized spacial score (nSPS) is 36.4. The van der Waals surface area contributed by atoms with E-state index in [1.165, 1.54) is 27.7 Å². The summed E-state index contributed by atoms with van der Waals surface area (Å²) in [6, 6.07) is 0. The fourth-order valence-electron chi connectivity index (χ4n) is 6.80. The molecule has 14 nitrogen and oxygen atoms in total. The van der Waals surface area contributed by atoms with Gasteiger partial charge in [-0.25, -0.2) is 0 Å². The highest BCUT2D eigenvalue weighted by Crippen LogP contribution is 2.38. The zero-order valence-corrected chi connectivity index (χ0v) is 36.0. The average Bonchev–Trinajstić information content (AvgIpc) is 3.07. The number of nitrogens with one attached hydrogen (secondary N) is 1. The van der Waals surface area contributed by atoms with Crippen LogP contribution in [0.15, 0.2) is 0 Å². The Morgan fingerprint density at radius 1 is 0.537 bits per heavy atom. The molecule has 0 aromatic carbocycles. The van der Waals surface area contributed by atoms with E-state index in [2.05, 4.69) is 13.8 Å². The number of alkyl halides is 3. The van der Waals surface area contributed by atoms with Crippen molar-refractivity contribution in [2.45, 2.75) is 169 Å². The summed E-state index contributed by atoms with van der Waals surface area (Å²) in [5, 5.41) is 17.4. The van der Waals surface area contributed by atoms with Crippen LogP contribution in [0.3, 0.4) is 0 Å². The van der Waals surface area contributed by atoms with Crippen LogP contribution in [-0.2, 0) is 57.1 Å². The van der Waals surface area contributed by atoms with Gasteiger partial charge in [-0.2, -0.15) is 0 Å². The minimum atomic E-state index is -1.99. The molecule has 3 aliphatic rings. The van der Waals surface area contributed by atoms with Crippen molar-refractivity contribution in [3.63, 3.8) is 0 Å². The molecular formula is C37H62Cl3NO13. The van der Waals surface area contributed by atoms with Gasteiger partial charge in [0.2, 0.25) is 18.5 Å². The van der Waals surface area contributed by atoms with E-state index in [1.54, 1.807) is 0 Å². The standard InChI is InChI=1S/C13H20Cl3NO4.C13H22O5.C11H20O4/c1-5-9-6(2)7(3)10(19-8(4)18)11(20-9)21-12(17)13(14,15)16;1-6-11-7(2)8(3)12(16-9(4)14)13(18-11)17-10(5)15;1-5-9-6(2)7(3)10(11(13)15-9)14-8(4)12/h6-7,9-11,17H,5H2,1-4H3;7-8,11-13H,6H2,1-5H3;6-7,9-11,13H,5H2,1-4H3/t6-,7-,9?,10?,11+;7-,8-,11?,12?,13-;6-,7-,9?,10?,11-/m000/s1. The molecule has 6 unspecified atom stereocenters. The second-order valence-corrected chi connectivity index (χ2v) is 16.6. The minimum absolute atomic E-state index is 0.0103. The Hall–Kier alpha value is -1.94. The lowest BCUT2D eigenvalue weighted by molar-refractivity contribution is -0.266. The molecule has 314 valence electrons. The summed E-state index contributed by atoms with van der Waals surface area (Å²) in [6.45, 7) is 23.4. The Morgan fingerprint density at radius 2 is 0.833 bits per heavy atom. The molecule has 0 aromatic heterocycles. The van der Waals surface area contributed by atoms with Crippen LogP contribution in [0.1, 0.15) is 109 Å². The van der Waals surface area contributed by atoms with Crippen molar-refractivity contribution >= 4 is 64.6 Å². The SMILES string of the molecule is CCC1O[C@H](O)C(OC(C)=O)[C@@H](C)[C@@H]1C.CCC1O[C@H](OC(=N)C(Cl)(Cl)Cl)C(OC(C)=O)[C@@H](C)[C@@H]1C.CCC1O[C@H](OC(C)=O)C(OC(C)=O)[C@@H](C)[C@@H]1C. The summed E-state index contributed by atoms with van der Waals surface area (Å²) in [5.74, 6) is -1.35. The van der Waals surface area contributed by atoms with Crippen LogP contribution in [0, 0.1) is 40.9 Å². The van der Waals surface area contributed by atoms with Crippen molar-refractivity contribution < 1.29 is 62.2 Å². The van der Waals surface area contributed by atoms with Gasteiger partial charge in [-0.3, -0.25) is 24.6 Å². The van der Waals surface area contributed by atoms with Gasteiger partial charge in [-0.15, -0.1) is 0 Å². The number of hydrogen-bond acceptors (Lipinski definition) is 14. The molecule has 3 saturated heterocycles. The number of carbonyl (C=O) groups excluding carboxylic acids is 4. The first-order chi connectivity index (χ1) is 24.9. The van der Waals surface area contributed by atoms with E-state index in [4.69, 9.17) is 78.1 Å². The highest BCUT2D eigenvalue weighted by atomic mass is 35.6. The van der Waals surface area contributed by atoms with Crippen molar-refractivity contribution in [1.82, 2.24) is 0 Å². The molecule has 0 aliphatic carbocycles. The van der Waals surface area contributed by atoms with Gasteiger partial charge in [0.05, 0.1) is 18.3 Å². The lowest BCUT2D eigenvalue weighted by Gasteiger charge is -2.43. The van der Waals surface area contributed by atoms with Crippen molar-refractivity contribution in [1.29, 1.82) is 5.41 Å². The Balaban J connectivity index is 0.000000411. The van der Waals surface area contributed by atoms with Gasteiger partial charge >= 0.3 is 23.9 Å². The first-order valence-corrected chi connectivity index (χ1v) is 19.7. The molecule has 0 saturated carbocycles. The second kappa shape index (κ2) is 22.7. The summed E-state index contributed by atoms with van der Waals surface area (Å²) in [4.78, 5) is 44.4. The van der Waals surface area contributed by atoms with Crippen LogP contribution < -0.4 is 0 Å². The molecular weight excluding hydrogens is 773 g/mol. The van der Waals surface area contributed by atoms with Gasteiger partial charge in [0.1, 0.15) is 0 Å². The number of halogens is 3. The van der Waals surface area contributed by atoms with E-state index in [-0.39, 0.29) is 59.8 Å². The van der Waals surface area contributed by atoms with E-state index in [9.17, 15) is 24.3 Å². The number of esters is 4. The summed E-state index contributed by atoms with van der Waals surface area (Å²) in [6.07, 6.45) is -2.08. The van der Waals surface area contributed by atoms with Gasteiger partial charge in [0, 0.05) is 45.4 Å².